The van der Waals surface area contributed by atoms with Crippen LogP contribution in [-0.2, 0) is 14.3 Å². The number of nitrogens with one attached hydrogen (secondary N) is 2. The van der Waals surface area contributed by atoms with E-state index in [1.54, 1.807) is 24.3 Å². The number of rotatable bonds is 6. The van der Waals surface area contributed by atoms with Gasteiger partial charge in [0.2, 0.25) is 5.91 Å². The lowest BCUT2D eigenvalue weighted by Gasteiger charge is -2.13. The van der Waals surface area contributed by atoms with Crippen molar-refractivity contribution in [2.75, 3.05) is 18.5 Å². The van der Waals surface area contributed by atoms with E-state index in [9.17, 15) is 14.4 Å². The summed E-state index contributed by atoms with van der Waals surface area (Å²) in [5.74, 6) is -2.16. The predicted octanol–water partition coefficient (Wildman–Crippen LogP) is 1.17. The van der Waals surface area contributed by atoms with Gasteiger partial charge in [-0.1, -0.05) is 12.1 Å². The van der Waals surface area contributed by atoms with Crippen LogP contribution in [0.5, 0.6) is 0 Å². The number of para-hydroxylation sites is 1. The molecule has 1 atom stereocenters. The average molecular weight is 318 g/mol. The number of carbonyl (C=O) groups is 3. The number of carbonyl (C=O) groups excluding carboxylic acids is 2. The van der Waals surface area contributed by atoms with Crippen LogP contribution in [0.1, 0.15) is 23.2 Å². The number of hydrogen-bond acceptors (Lipinski definition) is 4. The summed E-state index contributed by atoms with van der Waals surface area (Å²) in [5.41, 5.74) is 0.625. The quantitative estimate of drug-likeness (QED) is 0.683. The van der Waals surface area contributed by atoms with Crippen LogP contribution in [0.25, 0.3) is 0 Å². The Kier molecular flexibility index (Phi) is 5.87. The zero-order chi connectivity index (χ0) is 16.7. The third-order valence-electron chi connectivity index (χ3n) is 3.32. The molecule has 0 bridgehead atoms. The van der Waals surface area contributed by atoms with Crippen molar-refractivity contribution in [2.45, 2.75) is 18.9 Å². The second-order valence-corrected chi connectivity index (χ2v) is 5.05. The largest absolute Gasteiger partial charge is 0.478 e. The van der Waals surface area contributed by atoms with Gasteiger partial charge in [0, 0.05) is 25.3 Å². The molecule has 1 aliphatic heterocycles. The normalized spacial score (nSPS) is 17.1. The number of hydrogen-bond donors (Lipinski definition) is 3. The Morgan fingerprint density at radius 2 is 2.04 bits per heavy atom. The van der Waals surface area contributed by atoms with Crippen LogP contribution >= 0.6 is 0 Å². The summed E-state index contributed by atoms with van der Waals surface area (Å²) in [6.07, 6.45) is 3.56. The molecule has 122 valence electrons. The highest BCUT2D eigenvalue weighted by molar-refractivity contribution is 6.07. The van der Waals surface area contributed by atoms with Gasteiger partial charge in [0.1, 0.15) is 0 Å². The van der Waals surface area contributed by atoms with Gasteiger partial charge in [0.25, 0.3) is 5.91 Å². The zero-order valence-electron chi connectivity index (χ0n) is 12.5. The van der Waals surface area contributed by atoms with Gasteiger partial charge in [-0.05, 0) is 25.0 Å². The average Bonchev–Trinajstić information content (AvgIpc) is 3.04. The molecule has 0 unspecified atom stereocenters. The van der Waals surface area contributed by atoms with Crippen molar-refractivity contribution in [3.63, 3.8) is 0 Å². The van der Waals surface area contributed by atoms with Crippen LogP contribution in [-0.4, -0.2) is 42.1 Å². The third-order valence-corrected chi connectivity index (χ3v) is 3.32. The molecule has 0 spiro atoms. The van der Waals surface area contributed by atoms with E-state index in [0.29, 0.717) is 24.4 Å². The van der Waals surface area contributed by atoms with Crippen molar-refractivity contribution in [2.24, 2.45) is 0 Å². The van der Waals surface area contributed by atoms with E-state index < -0.39 is 11.9 Å². The van der Waals surface area contributed by atoms with E-state index >= 15 is 0 Å². The maximum absolute atomic E-state index is 12.2. The van der Waals surface area contributed by atoms with E-state index in [4.69, 9.17) is 9.84 Å². The molecular formula is C16H18N2O5. The number of ether oxygens (including phenoxy) is 1. The minimum atomic E-state index is -1.22. The van der Waals surface area contributed by atoms with Gasteiger partial charge in [0.15, 0.2) is 0 Å². The molecule has 0 aromatic heterocycles. The highest BCUT2D eigenvalue weighted by atomic mass is 16.5. The van der Waals surface area contributed by atoms with Crippen LogP contribution in [0.3, 0.4) is 0 Å². The first-order chi connectivity index (χ1) is 11.1. The Hall–Kier alpha value is -2.67. The van der Waals surface area contributed by atoms with Gasteiger partial charge in [0.05, 0.1) is 17.4 Å². The summed E-state index contributed by atoms with van der Waals surface area (Å²) in [7, 11) is 0. The molecule has 2 amide bonds. The Bertz CT molecular complexity index is 621. The molecule has 23 heavy (non-hydrogen) atoms. The lowest BCUT2D eigenvalue weighted by atomic mass is 10.1. The number of aliphatic carboxylic acids is 1. The highest BCUT2D eigenvalue weighted by Crippen LogP contribution is 2.16. The first kappa shape index (κ1) is 16.7. The maximum atomic E-state index is 12.2. The lowest BCUT2D eigenvalue weighted by Crippen LogP contribution is -2.32. The Morgan fingerprint density at radius 3 is 2.74 bits per heavy atom. The second-order valence-electron chi connectivity index (χ2n) is 5.05. The van der Waals surface area contributed by atoms with Crippen LogP contribution in [0.2, 0.25) is 0 Å². The second kappa shape index (κ2) is 8.09. The smallest absolute Gasteiger partial charge is 0.328 e. The van der Waals surface area contributed by atoms with Crippen LogP contribution < -0.4 is 10.6 Å². The summed E-state index contributed by atoms with van der Waals surface area (Å²) < 4.78 is 5.44. The summed E-state index contributed by atoms with van der Waals surface area (Å²) >= 11 is 0. The number of carboxylic acid groups (broad SMARTS) is 1. The summed E-state index contributed by atoms with van der Waals surface area (Å²) in [6, 6.07) is 6.52. The minimum absolute atomic E-state index is 0.0270. The van der Waals surface area contributed by atoms with Crippen molar-refractivity contribution >= 4 is 23.5 Å². The molecule has 7 heteroatoms. The first-order valence-electron chi connectivity index (χ1n) is 7.27. The molecule has 1 saturated heterocycles. The van der Waals surface area contributed by atoms with Gasteiger partial charge in [-0.3, -0.25) is 9.59 Å². The van der Waals surface area contributed by atoms with E-state index in [1.807, 2.05) is 0 Å². The predicted molar refractivity (Wildman–Crippen MR) is 83.2 cm³/mol. The maximum Gasteiger partial charge on any atom is 0.328 e. The molecular weight excluding hydrogens is 300 g/mol. The van der Waals surface area contributed by atoms with E-state index in [0.717, 1.165) is 25.0 Å². The van der Waals surface area contributed by atoms with Crippen molar-refractivity contribution in [1.82, 2.24) is 5.32 Å². The Labute approximate surface area is 133 Å². The van der Waals surface area contributed by atoms with E-state index in [1.165, 1.54) is 0 Å². The highest BCUT2D eigenvalue weighted by Gasteiger charge is 2.18. The summed E-state index contributed by atoms with van der Waals surface area (Å²) in [5, 5.41) is 13.8. The number of carboxylic acids is 1. The van der Waals surface area contributed by atoms with Crippen molar-refractivity contribution in [3.05, 3.63) is 42.0 Å². The minimum Gasteiger partial charge on any atom is -0.478 e. The molecule has 7 nitrogen and oxygen atoms in total. The fraction of sp³-hybridized carbons (Fsp3) is 0.312. The number of benzene rings is 1. The summed E-state index contributed by atoms with van der Waals surface area (Å²) in [6.45, 7) is 1.13. The molecule has 1 aromatic rings. The molecule has 1 fully saturated rings. The molecule has 0 aliphatic carbocycles. The van der Waals surface area contributed by atoms with Crippen LogP contribution in [0.15, 0.2) is 36.4 Å². The molecule has 1 aliphatic rings. The van der Waals surface area contributed by atoms with Crippen molar-refractivity contribution in [3.8, 4) is 0 Å². The number of anilines is 1. The molecule has 0 saturated carbocycles. The fourth-order valence-corrected chi connectivity index (χ4v) is 2.22. The van der Waals surface area contributed by atoms with Crippen LogP contribution in [0, 0.1) is 0 Å². The first-order valence-corrected chi connectivity index (χ1v) is 7.27. The van der Waals surface area contributed by atoms with Gasteiger partial charge < -0.3 is 20.5 Å². The van der Waals surface area contributed by atoms with Gasteiger partial charge in [-0.15, -0.1) is 0 Å². The van der Waals surface area contributed by atoms with Crippen LogP contribution in [0.4, 0.5) is 5.69 Å². The standard InChI is InChI=1S/C16H18N2O5/c19-14(7-8-15(20)21)18-13-6-2-1-5-12(13)16(22)17-10-11-4-3-9-23-11/h1-2,5-8,11H,3-4,9-10H2,(H,17,22)(H,18,19)(H,20,21)/b8-7-/t11-/m0/s1. The molecule has 2 rings (SSSR count). The van der Waals surface area contributed by atoms with Gasteiger partial charge in [-0.25, -0.2) is 4.79 Å². The van der Waals surface area contributed by atoms with Gasteiger partial charge in [-0.2, -0.15) is 0 Å². The zero-order valence-corrected chi connectivity index (χ0v) is 12.5. The monoisotopic (exact) mass is 318 g/mol. The van der Waals surface area contributed by atoms with E-state index in [-0.39, 0.29) is 12.0 Å². The Morgan fingerprint density at radius 1 is 1.26 bits per heavy atom. The molecule has 1 aromatic carbocycles. The lowest BCUT2D eigenvalue weighted by molar-refractivity contribution is -0.131. The van der Waals surface area contributed by atoms with E-state index in [2.05, 4.69) is 10.6 Å². The topological polar surface area (TPSA) is 105 Å². The molecule has 1 heterocycles. The molecule has 0 radical (unpaired) electrons. The van der Waals surface area contributed by atoms with Gasteiger partial charge >= 0.3 is 5.97 Å². The molecule has 3 N–H and O–H groups in total. The van der Waals surface area contributed by atoms with Crippen molar-refractivity contribution < 1.29 is 24.2 Å². The summed E-state index contributed by atoms with van der Waals surface area (Å²) in [4.78, 5) is 34.3. The number of amides is 2. The van der Waals surface area contributed by atoms with Crippen molar-refractivity contribution in [1.29, 1.82) is 0 Å². The SMILES string of the molecule is O=C(O)/C=C\C(=O)Nc1ccccc1C(=O)NC[C@@H]1CCCO1. The fourth-order valence-electron chi connectivity index (χ4n) is 2.22. The Balaban J connectivity index is 1.99. The third kappa shape index (κ3) is 5.23.